The van der Waals surface area contributed by atoms with Crippen LogP contribution in [0.1, 0.15) is 6.42 Å². The van der Waals surface area contributed by atoms with E-state index in [9.17, 15) is 14.0 Å². The molecule has 1 fully saturated rings. The van der Waals surface area contributed by atoms with Crippen LogP contribution in [0.15, 0.2) is 42.5 Å². The molecule has 2 heterocycles. The van der Waals surface area contributed by atoms with Gasteiger partial charge < -0.3 is 10.2 Å². The number of hydrogen-bond donors (Lipinski definition) is 1. The zero-order valence-corrected chi connectivity index (χ0v) is 15.0. The van der Waals surface area contributed by atoms with E-state index in [1.54, 1.807) is 35.2 Å². The van der Waals surface area contributed by atoms with Crippen molar-refractivity contribution in [3.63, 3.8) is 0 Å². The van der Waals surface area contributed by atoms with Crippen LogP contribution in [-0.4, -0.2) is 23.3 Å². The highest BCUT2D eigenvalue weighted by molar-refractivity contribution is 7.22. The van der Waals surface area contributed by atoms with Gasteiger partial charge in [0.15, 0.2) is 5.13 Å². The second-order valence-corrected chi connectivity index (χ2v) is 7.47. The first kappa shape index (κ1) is 16.9. The number of nitrogens with zero attached hydrogens (tertiary/aromatic N) is 2. The van der Waals surface area contributed by atoms with E-state index in [1.165, 1.54) is 23.5 Å². The third-order valence-corrected chi connectivity index (χ3v) is 5.37. The van der Waals surface area contributed by atoms with Gasteiger partial charge >= 0.3 is 0 Å². The number of benzene rings is 2. The number of hydrogen-bond acceptors (Lipinski definition) is 4. The third-order valence-electron chi connectivity index (χ3n) is 4.20. The molecule has 0 spiro atoms. The molecule has 0 radical (unpaired) electrons. The van der Waals surface area contributed by atoms with Crippen molar-refractivity contribution in [2.45, 2.75) is 6.42 Å². The molecule has 0 saturated carbocycles. The molecule has 1 atom stereocenters. The summed E-state index contributed by atoms with van der Waals surface area (Å²) in [4.78, 5) is 30.6. The van der Waals surface area contributed by atoms with Gasteiger partial charge in [-0.15, -0.1) is 0 Å². The smallest absolute Gasteiger partial charge is 0.231 e. The number of thiazole rings is 1. The molecule has 1 aliphatic rings. The lowest BCUT2D eigenvalue weighted by Gasteiger charge is -2.16. The summed E-state index contributed by atoms with van der Waals surface area (Å²) in [5.41, 5.74) is 1.29. The van der Waals surface area contributed by atoms with Crippen LogP contribution in [-0.2, 0) is 9.59 Å². The molecule has 1 N–H and O–H groups in total. The standard InChI is InChI=1S/C18H13ClFN3O2S/c19-11-2-1-3-13(7-11)23-9-10(6-16(23)24)17(25)22-18-21-14-5-4-12(20)8-15(14)26-18/h1-5,7-8,10H,6,9H2,(H,21,22,25). The molecule has 1 saturated heterocycles. The van der Waals surface area contributed by atoms with Crippen molar-refractivity contribution in [2.75, 3.05) is 16.8 Å². The number of nitrogens with one attached hydrogen (secondary N) is 1. The van der Waals surface area contributed by atoms with Crippen molar-refractivity contribution < 1.29 is 14.0 Å². The Kier molecular flexibility index (Phi) is 4.34. The lowest BCUT2D eigenvalue weighted by atomic mass is 10.1. The van der Waals surface area contributed by atoms with Gasteiger partial charge in [0.1, 0.15) is 5.82 Å². The number of aromatic nitrogens is 1. The van der Waals surface area contributed by atoms with Gasteiger partial charge in [-0.2, -0.15) is 0 Å². The molecule has 4 rings (SSSR count). The third kappa shape index (κ3) is 3.27. The Balaban J connectivity index is 1.49. The largest absolute Gasteiger partial charge is 0.312 e. The fourth-order valence-electron chi connectivity index (χ4n) is 2.94. The molecule has 26 heavy (non-hydrogen) atoms. The van der Waals surface area contributed by atoms with Crippen molar-refractivity contribution in [2.24, 2.45) is 5.92 Å². The second-order valence-electron chi connectivity index (χ2n) is 6.01. The maximum Gasteiger partial charge on any atom is 0.231 e. The summed E-state index contributed by atoms with van der Waals surface area (Å²) >= 11 is 7.18. The van der Waals surface area contributed by atoms with Crippen LogP contribution in [0.5, 0.6) is 0 Å². The van der Waals surface area contributed by atoms with Gasteiger partial charge in [0.05, 0.1) is 16.1 Å². The van der Waals surface area contributed by atoms with E-state index in [-0.39, 0.29) is 30.6 Å². The number of rotatable bonds is 3. The number of carbonyl (C=O) groups excluding carboxylic acids is 2. The van der Waals surface area contributed by atoms with Gasteiger partial charge in [-0.1, -0.05) is 29.0 Å². The Morgan fingerprint density at radius 1 is 1.31 bits per heavy atom. The van der Waals surface area contributed by atoms with Crippen molar-refractivity contribution in [1.82, 2.24) is 4.98 Å². The van der Waals surface area contributed by atoms with Gasteiger partial charge in [-0.05, 0) is 36.4 Å². The van der Waals surface area contributed by atoms with Gasteiger partial charge in [0.2, 0.25) is 11.8 Å². The molecule has 0 bridgehead atoms. The molecule has 3 aromatic rings. The van der Waals surface area contributed by atoms with Crippen LogP contribution >= 0.6 is 22.9 Å². The van der Waals surface area contributed by atoms with Crippen molar-refractivity contribution in [3.05, 3.63) is 53.3 Å². The Bertz CT molecular complexity index is 1020. The molecule has 1 aromatic heterocycles. The first-order chi connectivity index (χ1) is 12.5. The lowest BCUT2D eigenvalue weighted by molar-refractivity contribution is -0.122. The summed E-state index contributed by atoms with van der Waals surface area (Å²) in [6, 6.07) is 11.2. The Labute approximate surface area is 157 Å². The van der Waals surface area contributed by atoms with Gasteiger partial charge in [-0.3, -0.25) is 9.59 Å². The number of fused-ring (bicyclic) bond motifs is 1. The highest BCUT2D eigenvalue weighted by atomic mass is 35.5. The second kappa shape index (κ2) is 6.66. The monoisotopic (exact) mass is 389 g/mol. The molecular weight excluding hydrogens is 377 g/mol. The predicted molar refractivity (Wildman–Crippen MR) is 100 cm³/mol. The molecule has 0 aliphatic carbocycles. The van der Waals surface area contributed by atoms with E-state index in [2.05, 4.69) is 10.3 Å². The molecule has 8 heteroatoms. The first-order valence-corrected chi connectivity index (χ1v) is 9.12. The summed E-state index contributed by atoms with van der Waals surface area (Å²) in [6.45, 7) is 0.282. The van der Waals surface area contributed by atoms with Crippen LogP contribution in [0.4, 0.5) is 15.2 Å². The highest BCUT2D eigenvalue weighted by Crippen LogP contribution is 2.30. The zero-order valence-electron chi connectivity index (χ0n) is 13.4. The quantitative estimate of drug-likeness (QED) is 0.734. The average molecular weight is 390 g/mol. The Morgan fingerprint density at radius 3 is 2.96 bits per heavy atom. The van der Waals surface area contributed by atoms with E-state index in [1.807, 2.05) is 0 Å². The van der Waals surface area contributed by atoms with Crippen molar-refractivity contribution in [1.29, 1.82) is 0 Å². The highest BCUT2D eigenvalue weighted by Gasteiger charge is 2.35. The van der Waals surface area contributed by atoms with Crippen LogP contribution < -0.4 is 10.2 Å². The summed E-state index contributed by atoms with van der Waals surface area (Å²) < 4.78 is 13.9. The molecule has 5 nitrogen and oxygen atoms in total. The number of halogens is 2. The minimum absolute atomic E-state index is 0.123. The molecule has 1 unspecified atom stereocenters. The van der Waals surface area contributed by atoms with Gasteiger partial charge in [-0.25, -0.2) is 9.37 Å². The van der Waals surface area contributed by atoms with Gasteiger partial charge in [0.25, 0.3) is 0 Å². The maximum absolute atomic E-state index is 13.3. The fourth-order valence-corrected chi connectivity index (χ4v) is 4.01. The average Bonchev–Trinajstić information content (AvgIpc) is 3.17. The molecule has 132 valence electrons. The van der Waals surface area contributed by atoms with Crippen LogP contribution in [0, 0.1) is 11.7 Å². The van der Waals surface area contributed by atoms with E-state index in [0.717, 1.165) is 0 Å². The fraction of sp³-hybridized carbons (Fsp3) is 0.167. The minimum atomic E-state index is -0.481. The van der Waals surface area contributed by atoms with E-state index in [0.29, 0.717) is 26.1 Å². The number of carbonyl (C=O) groups is 2. The lowest BCUT2D eigenvalue weighted by Crippen LogP contribution is -2.28. The van der Waals surface area contributed by atoms with Crippen LogP contribution in [0.25, 0.3) is 10.2 Å². The normalized spacial score (nSPS) is 17.1. The number of anilines is 2. The zero-order chi connectivity index (χ0) is 18.3. The topological polar surface area (TPSA) is 62.3 Å². The Hall–Kier alpha value is -2.51. The molecule has 1 aliphatic heterocycles. The first-order valence-electron chi connectivity index (χ1n) is 7.92. The van der Waals surface area contributed by atoms with Crippen molar-refractivity contribution >= 4 is 55.8 Å². The molecular formula is C18H13ClFN3O2S. The minimum Gasteiger partial charge on any atom is -0.312 e. The number of amides is 2. The van der Waals surface area contributed by atoms with Gasteiger partial charge in [0, 0.05) is 23.7 Å². The predicted octanol–water partition coefficient (Wildman–Crippen LogP) is 4.08. The SMILES string of the molecule is O=C(Nc1nc2ccc(F)cc2s1)C1CC(=O)N(c2cccc(Cl)c2)C1. The van der Waals surface area contributed by atoms with E-state index >= 15 is 0 Å². The summed E-state index contributed by atoms with van der Waals surface area (Å²) in [7, 11) is 0. The summed E-state index contributed by atoms with van der Waals surface area (Å²) in [6.07, 6.45) is 0.123. The van der Waals surface area contributed by atoms with E-state index in [4.69, 9.17) is 11.6 Å². The van der Waals surface area contributed by atoms with E-state index < -0.39 is 5.92 Å². The summed E-state index contributed by atoms with van der Waals surface area (Å²) in [5, 5.41) is 3.66. The van der Waals surface area contributed by atoms with Crippen LogP contribution in [0.2, 0.25) is 5.02 Å². The molecule has 2 amide bonds. The Morgan fingerprint density at radius 2 is 2.15 bits per heavy atom. The van der Waals surface area contributed by atoms with Crippen LogP contribution in [0.3, 0.4) is 0 Å². The maximum atomic E-state index is 13.3. The summed E-state index contributed by atoms with van der Waals surface area (Å²) in [5.74, 6) is -1.23. The van der Waals surface area contributed by atoms with Crippen molar-refractivity contribution in [3.8, 4) is 0 Å². The molecule has 2 aromatic carbocycles.